The van der Waals surface area contributed by atoms with Crippen molar-refractivity contribution in [3.05, 3.63) is 18.0 Å². The number of hydrogen-bond acceptors (Lipinski definition) is 6. The average molecular weight is 306 g/mol. The second-order valence-corrected chi connectivity index (χ2v) is 6.05. The minimum absolute atomic E-state index is 0.129. The van der Waals surface area contributed by atoms with Crippen LogP contribution in [0.4, 0.5) is 0 Å². The lowest BCUT2D eigenvalue weighted by molar-refractivity contribution is 0.0690. The number of methoxy groups -OCH3 is 1. The van der Waals surface area contributed by atoms with Crippen molar-refractivity contribution in [2.24, 2.45) is 0 Å². The summed E-state index contributed by atoms with van der Waals surface area (Å²) in [5.74, 6) is 0. The van der Waals surface area contributed by atoms with Crippen molar-refractivity contribution in [3.63, 3.8) is 0 Å². The van der Waals surface area contributed by atoms with Crippen LogP contribution in [0.5, 0.6) is 0 Å². The fraction of sp³-hybridized carbons (Fsp3) is 0.462. The molecule has 3 rings (SSSR count). The zero-order valence-corrected chi connectivity index (χ0v) is 12.5. The Morgan fingerprint density at radius 3 is 3.05 bits per heavy atom. The molecule has 2 aromatic heterocycles. The molecule has 0 aliphatic carbocycles. The first-order valence-electron chi connectivity index (χ1n) is 6.37. The monoisotopic (exact) mass is 306 g/mol. The Labute approximate surface area is 124 Å². The third kappa shape index (κ3) is 2.38. The highest BCUT2D eigenvalue weighted by Gasteiger charge is 2.33. The molecule has 1 fully saturated rings. The van der Waals surface area contributed by atoms with Gasteiger partial charge in [-0.15, -0.1) is 0 Å². The molecule has 2 aromatic rings. The van der Waals surface area contributed by atoms with Crippen LogP contribution in [-0.2, 0) is 20.6 Å². The van der Waals surface area contributed by atoms with Crippen molar-refractivity contribution in [3.8, 4) is 6.07 Å². The predicted molar refractivity (Wildman–Crippen MR) is 75.2 cm³/mol. The Kier molecular flexibility index (Phi) is 3.82. The number of ether oxygens (including phenoxy) is 2. The number of hydrogen-bond donors (Lipinski definition) is 0. The molecule has 0 N–H and O–H groups in total. The van der Waals surface area contributed by atoms with Gasteiger partial charge in [0.25, 0.3) is 0 Å². The molecule has 3 atom stereocenters. The largest absolute Gasteiger partial charge is 0.609 e. The highest BCUT2D eigenvalue weighted by atomic mass is 32.2. The van der Waals surface area contributed by atoms with Gasteiger partial charge in [0.05, 0.1) is 19.3 Å². The Morgan fingerprint density at radius 1 is 1.57 bits per heavy atom. The number of fused-ring (bicyclic) bond motifs is 1. The first-order chi connectivity index (χ1) is 10.2. The molecule has 8 heteroatoms. The van der Waals surface area contributed by atoms with Crippen LogP contribution in [0.3, 0.4) is 0 Å². The molecule has 21 heavy (non-hydrogen) atoms. The lowest BCUT2D eigenvalue weighted by atomic mass is 10.2. The highest BCUT2D eigenvalue weighted by molar-refractivity contribution is 7.90. The zero-order valence-electron chi connectivity index (χ0n) is 11.6. The lowest BCUT2D eigenvalue weighted by Gasteiger charge is -2.19. The summed E-state index contributed by atoms with van der Waals surface area (Å²) >= 11 is -1.28. The fourth-order valence-electron chi connectivity index (χ4n) is 2.54. The van der Waals surface area contributed by atoms with Crippen LogP contribution in [0.1, 0.15) is 11.7 Å². The molecule has 0 aromatic carbocycles. The summed E-state index contributed by atoms with van der Waals surface area (Å²) in [4.78, 5) is 8.41. The lowest BCUT2D eigenvalue weighted by Crippen LogP contribution is -2.25. The maximum absolute atomic E-state index is 11.6. The second kappa shape index (κ2) is 5.61. The van der Waals surface area contributed by atoms with Gasteiger partial charge in [-0.25, -0.2) is 0 Å². The van der Waals surface area contributed by atoms with Crippen LogP contribution < -0.4 is 0 Å². The van der Waals surface area contributed by atoms with Crippen molar-refractivity contribution < 1.29 is 14.0 Å². The summed E-state index contributed by atoms with van der Waals surface area (Å²) in [5.41, 5.74) is 1.06. The van der Waals surface area contributed by atoms with Gasteiger partial charge >= 0.3 is 5.16 Å². The third-order valence-corrected chi connectivity index (χ3v) is 4.27. The molecule has 0 amide bonds. The summed E-state index contributed by atoms with van der Waals surface area (Å²) in [7, 11) is 1.62. The van der Waals surface area contributed by atoms with Crippen LogP contribution in [0.25, 0.3) is 11.0 Å². The molecule has 0 radical (unpaired) electrons. The molecule has 3 heterocycles. The predicted octanol–water partition coefficient (Wildman–Crippen LogP) is 0.627. The number of rotatable bonds is 3. The van der Waals surface area contributed by atoms with E-state index in [1.807, 2.05) is 0 Å². The van der Waals surface area contributed by atoms with E-state index in [9.17, 15) is 9.81 Å². The maximum Gasteiger partial charge on any atom is 0.344 e. The standard InChI is InChI=1S/C13H14N4O3S/c1-19-11-7-20-6-10(11)17-9(4-14)3-8-5-15-13(21(2)18)16-12(8)17/h3,5,10-11H,6-7H2,1-2H3. The molecule has 7 nitrogen and oxygen atoms in total. The molecule has 0 saturated carbocycles. The van der Waals surface area contributed by atoms with Gasteiger partial charge in [-0.2, -0.15) is 15.2 Å². The fourth-order valence-corrected chi connectivity index (χ4v) is 2.96. The number of nitriles is 1. The van der Waals surface area contributed by atoms with E-state index < -0.39 is 11.2 Å². The maximum atomic E-state index is 11.6. The van der Waals surface area contributed by atoms with Gasteiger partial charge in [-0.3, -0.25) is 0 Å². The van der Waals surface area contributed by atoms with Gasteiger partial charge < -0.3 is 18.6 Å². The van der Waals surface area contributed by atoms with Crippen molar-refractivity contribution in [1.82, 2.24) is 14.5 Å². The highest BCUT2D eigenvalue weighted by Crippen LogP contribution is 2.29. The molecular weight excluding hydrogens is 292 g/mol. The first-order valence-corrected chi connectivity index (χ1v) is 7.93. The molecule has 0 bridgehead atoms. The zero-order chi connectivity index (χ0) is 15.0. The summed E-state index contributed by atoms with van der Waals surface area (Å²) in [5, 5.41) is 10.3. The van der Waals surface area contributed by atoms with E-state index in [1.165, 1.54) is 6.26 Å². The van der Waals surface area contributed by atoms with Crippen LogP contribution in [-0.4, -0.2) is 51.8 Å². The van der Waals surface area contributed by atoms with E-state index in [1.54, 1.807) is 23.9 Å². The van der Waals surface area contributed by atoms with Crippen molar-refractivity contribution >= 4 is 22.2 Å². The number of nitrogens with zero attached hydrogens (tertiary/aromatic N) is 4. The Morgan fingerprint density at radius 2 is 2.38 bits per heavy atom. The van der Waals surface area contributed by atoms with Crippen LogP contribution in [0.2, 0.25) is 0 Å². The minimum Gasteiger partial charge on any atom is -0.609 e. The third-order valence-electron chi connectivity index (χ3n) is 3.56. The topological polar surface area (TPSA) is 96.0 Å². The average Bonchev–Trinajstić information content (AvgIpc) is 3.08. The summed E-state index contributed by atoms with van der Waals surface area (Å²) in [6.07, 6.45) is 2.97. The van der Waals surface area contributed by atoms with Gasteiger partial charge in [-0.1, -0.05) is 0 Å². The first kappa shape index (κ1) is 14.3. The second-order valence-electron chi connectivity index (χ2n) is 4.78. The van der Waals surface area contributed by atoms with E-state index in [4.69, 9.17) is 9.47 Å². The van der Waals surface area contributed by atoms with E-state index in [0.29, 0.717) is 24.6 Å². The van der Waals surface area contributed by atoms with Crippen molar-refractivity contribution in [2.45, 2.75) is 17.3 Å². The van der Waals surface area contributed by atoms with Crippen LogP contribution >= 0.6 is 0 Å². The van der Waals surface area contributed by atoms with Gasteiger partial charge in [0.15, 0.2) is 0 Å². The molecule has 3 unspecified atom stereocenters. The summed E-state index contributed by atoms with van der Waals surface area (Å²) in [6, 6.07) is 3.76. The van der Waals surface area contributed by atoms with Gasteiger partial charge in [-0.05, 0) is 6.07 Å². The molecule has 1 saturated heterocycles. The number of aromatic nitrogens is 3. The van der Waals surface area contributed by atoms with E-state index in [2.05, 4.69) is 16.0 Å². The molecular formula is C13H14N4O3S. The smallest absolute Gasteiger partial charge is 0.344 e. The summed E-state index contributed by atoms with van der Waals surface area (Å²) < 4.78 is 24.2. The Bertz CT molecular complexity index is 709. The molecule has 1 aliphatic rings. The van der Waals surface area contributed by atoms with Crippen LogP contribution in [0, 0.1) is 11.3 Å². The van der Waals surface area contributed by atoms with E-state index >= 15 is 0 Å². The van der Waals surface area contributed by atoms with E-state index in [0.717, 1.165) is 5.39 Å². The van der Waals surface area contributed by atoms with Crippen LogP contribution in [0.15, 0.2) is 17.4 Å². The molecule has 0 spiro atoms. The SMILES string of the molecule is COC1COCC1n1c(C#N)cc2cnc([S+](C)[O-])nc21. The molecule has 110 valence electrons. The quantitative estimate of drug-likeness (QED) is 0.609. The van der Waals surface area contributed by atoms with Gasteiger partial charge in [0, 0.05) is 29.9 Å². The van der Waals surface area contributed by atoms with Crippen molar-refractivity contribution in [1.29, 1.82) is 5.26 Å². The van der Waals surface area contributed by atoms with Crippen molar-refractivity contribution in [2.75, 3.05) is 26.6 Å². The normalized spacial score (nSPS) is 23.3. The minimum atomic E-state index is -1.28. The van der Waals surface area contributed by atoms with Gasteiger partial charge in [0.2, 0.25) is 0 Å². The van der Waals surface area contributed by atoms with E-state index in [-0.39, 0.29) is 17.3 Å². The van der Waals surface area contributed by atoms with Gasteiger partial charge in [0.1, 0.15) is 29.8 Å². The summed E-state index contributed by atoms with van der Waals surface area (Å²) in [6.45, 7) is 0.925. The Balaban J connectivity index is 2.19. The Hall–Kier alpha value is -1.66. The molecule has 1 aliphatic heterocycles.